The zero-order valence-corrected chi connectivity index (χ0v) is 18.0. The van der Waals surface area contributed by atoms with Gasteiger partial charge in [0, 0.05) is 36.3 Å². The summed E-state index contributed by atoms with van der Waals surface area (Å²) >= 11 is 0. The molecule has 1 fully saturated rings. The van der Waals surface area contributed by atoms with E-state index in [1.165, 1.54) is 12.3 Å². The Hall–Kier alpha value is -3.14. The highest BCUT2D eigenvalue weighted by atomic mass is 32.2. The van der Waals surface area contributed by atoms with Gasteiger partial charge in [-0.25, -0.2) is 8.42 Å². The molecule has 1 aromatic carbocycles. The molecule has 1 N–H and O–H groups in total. The number of carbonyl (C=O) groups excluding carboxylic acids is 2. The number of likely N-dealkylation sites (tertiary alicyclic amines) is 1. The second kappa shape index (κ2) is 8.54. The molecule has 0 spiro atoms. The number of sulfone groups is 1. The van der Waals surface area contributed by atoms with Gasteiger partial charge in [-0.2, -0.15) is 0 Å². The minimum Gasteiger partial charge on any atom is -0.360 e. The fourth-order valence-corrected chi connectivity index (χ4v) is 5.20. The predicted molar refractivity (Wildman–Crippen MR) is 114 cm³/mol. The second-order valence-electron chi connectivity index (χ2n) is 7.71. The number of aryl methyl sites for hydroxylation is 1. The van der Waals surface area contributed by atoms with Crippen LogP contribution in [0.25, 0.3) is 10.9 Å². The van der Waals surface area contributed by atoms with Gasteiger partial charge in [0.25, 0.3) is 0 Å². The van der Waals surface area contributed by atoms with Crippen LogP contribution in [0.4, 0.5) is 5.82 Å². The SMILES string of the molecule is Cc1cc(NC(=O)CS(=O)(=O)c2cn(CC(=O)N3CCCCC3)c3ccccc23)no1. The first-order valence-electron chi connectivity index (χ1n) is 10.1. The highest BCUT2D eigenvalue weighted by molar-refractivity contribution is 7.92. The lowest BCUT2D eigenvalue weighted by atomic mass is 10.1. The molecule has 1 saturated heterocycles. The molecular formula is C21H24N4O5S. The summed E-state index contributed by atoms with van der Waals surface area (Å²) in [7, 11) is -3.96. The Morgan fingerprint density at radius 3 is 2.61 bits per heavy atom. The number of benzene rings is 1. The van der Waals surface area contributed by atoms with Crippen molar-refractivity contribution in [1.29, 1.82) is 0 Å². The number of fused-ring (bicyclic) bond motifs is 1. The number of piperidine rings is 1. The quantitative estimate of drug-likeness (QED) is 0.624. The summed E-state index contributed by atoms with van der Waals surface area (Å²) in [5.41, 5.74) is 0.638. The molecule has 4 rings (SSSR count). The van der Waals surface area contributed by atoms with Crippen LogP contribution in [0.1, 0.15) is 25.0 Å². The monoisotopic (exact) mass is 444 g/mol. The van der Waals surface area contributed by atoms with Crippen molar-refractivity contribution in [2.24, 2.45) is 0 Å². The molecule has 3 heterocycles. The van der Waals surface area contributed by atoms with E-state index >= 15 is 0 Å². The number of amides is 2. The van der Waals surface area contributed by atoms with Crippen LogP contribution in [0.3, 0.4) is 0 Å². The Morgan fingerprint density at radius 1 is 1.16 bits per heavy atom. The molecule has 2 aromatic heterocycles. The molecule has 1 aliphatic heterocycles. The predicted octanol–water partition coefficient (Wildman–Crippen LogP) is 2.36. The van der Waals surface area contributed by atoms with Gasteiger partial charge in [0.15, 0.2) is 15.7 Å². The van der Waals surface area contributed by atoms with E-state index in [1.54, 1.807) is 35.8 Å². The number of hydrogen-bond donors (Lipinski definition) is 1. The van der Waals surface area contributed by atoms with E-state index in [0.29, 0.717) is 16.7 Å². The van der Waals surface area contributed by atoms with E-state index in [4.69, 9.17) is 4.52 Å². The van der Waals surface area contributed by atoms with Crippen LogP contribution >= 0.6 is 0 Å². The fraction of sp³-hybridized carbons (Fsp3) is 0.381. The van der Waals surface area contributed by atoms with Crippen molar-refractivity contribution >= 4 is 38.4 Å². The number of nitrogens with zero attached hydrogens (tertiary/aromatic N) is 3. The van der Waals surface area contributed by atoms with Gasteiger partial charge in [-0.15, -0.1) is 0 Å². The van der Waals surface area contributed by atoms with Crippen LogP contribution in [0.15, 0.2) is 45.9 Å². The molecule has 0 radical (unpaired) electrons. The number of aromatic nitrogens is 2. The molecule has 0 atom stereocenters. The third kappa shape index (κ3) is 4.63. The number of anilines is 1. The fourth-order valence-electron chi connectivity index (χ4n) is 3.84. The van der Waals surface area contributed by atoms with Crippen LogP contribution in [0, 0.1) is 6.92 Å². The van der Waals surface area contributed by atoms with Crippen molar-refractivity contribution in [3.05, 3.63) is 42.3 Å². The summed E-state index contributed by atoms with van der Waals surface area (Å²) in [4.78, 5) is 26.9. The third-order valence-corrected chi connectivity index (χ3v) is 6.96. The van der Waals surface area contributed by atoms with E-state index in [1.807, 2.05) is 4.90 Å². The Labute approximate surface area is 179 Å². The summed E-state index contributed by atoms with van der Waals surface area (Å²) in [6.07, 6.45) is 4.54. The van der Waals surface area contributed by atoms with Crippen LogP contribution in [0.5, 0.6) is 0 Å². The topological polar surface area (TPSA) is 115 Å². The molecule has 1 aliphatic rings. The molecule has 0 bridgehead atoms. The van der Waals surface area contributed by atoms with Gasteiger partial charge in [-0.3, -0.25) is 9.59 Å². The van der Waals surface area contributed by atoms with Crippen molar-refractivity contribution < 1.29 is 22.5 Å². The Kier molecular flexibility index (Phi) is 5.81. The van der Waals surface area contributed by atoms with Gasteiger partial charge in [-0.05, 0) is 32.3 Å². The van der Waals surface area contributed by atoms with Crippen LogP contribution in [-0.2, 0) is 26.0 Å². The maximum absolute atomic E-state index is 13.0. The Balaban J connectivity index is 1.58. The average molecular weight is 445 g/mol. The van der Waals surface area contributed by atoms with Crippen LogP contribution in [0.2, 0.25) is 0 Å². The van der Waals surface area contributed by atoms with E-state index < -0.39 is 21.5 Å². The summed E-state index contributed by atoms with van der Waals surface area (Å²) in [5.74, 6) is -0.836. The smallest absolute Gasteiger partial charge is 0.242 e. The van der Waals surface area contributed by atoms with E-state index in [2.05, 4.69) is 10.5 Å². The van der Waals surface area contributed by atoms with Gasteiger partial charge < -0.3 is 19.3 Å². The molecule has 0 saturated carbocycles. The Bertz CT molecular complexity index is 1220. The molecule has 164 valence electrons. The molecular weight excluding hydrogens is 420 g/mol. The molecule has 0 unspecified atom stereocenters. The highest BCUT2D eigenvalue weighted by Gasteiger charge is 2.26. The van der Waals surface area contributed by atoms with Crippen molar-refractivity contribution in [2.45, 2.75) is 37.6 Å². The average Bonchev–Trinajstić information content (AvgIpc) is 3.32. The number of carbonyl (C=O) groups is 2. The van der Waals surface area contributed by atoms with E-state index in [-0.39, 0.29) is 23.2 Å². The highest BCUT2D eigenvalue weighted by Crippen LogP contribution is 2.27. The normalized spacial score (nSPS) is 14.7. The van der Waals surface area contributed by atoms with Gasteiger partial charge in [0.05, 0.1) is 4.90 Å². The first-order chi connectivity index (χ1) is 14.8. The van der Waals surface area contributed by atoms with Gasteiger partial charge >= 0.3 is 0 Å². The lowest BCUT2D eigenvalue weighted by Gasteiger charge is -2.27. The summed E-state index contributed by atoms with van der Waals surface area (Å²) in [6, 6.07) is 8.48. The largest absolute Gasteiger partial charge is 0.360 e. The molecule has 0 aliphatic carbocycles. The van der Waals surface area contributed by atoms with Crippen molar-refractivity contribution in [1.82, 2.24) is 14.6 Å². The number of nitrogens with one attached hydrogen (secondary N) is 1. The second-order valence-corrected chi connectivity index (χ2v) is 9.67. The zero-order chi connectivity index (χ0) is 22.0. The van der Waals surface area contributed by atoms with Gasteiger partial charge in [0.2, 0.25) is 11.8 Å². The number of para-hydroxylation sites is 1. The molecule has 10 heteroatoms. The Morgan fingerprint density at radius 2 is 1.90 bits per heavy atom. The maximum Gasteiger partial charge on any atom is 0.242 e. The molecule has 31 heavy (non-hydrogen) atoms. The standard InChI is InChI=1S/C21H24N4O5S/c1-15-11-19(23-30-15)22-20(26)14-31(28,29)18-12-25(17-8-4-3-7-16(17)18)13-21(27)24-9-5-2-6-10-24/h3-4,7-8,11-12H,2,5-6,9-10,13-14H2,1H3,(H,22,23,26). The number of hydrogen-bond acceptors (Lipinski definition) is 6. The van der Waals surface area contributed by atoms with Gasteiger partial charge in [0.1, 0.15) is 18.1 Å². The van der Waals surface area contributed by atoms with E-state index in [0.717, 1.165) is 32.4 Å². The maximum atomic E-state index is 13.0. The lowest BCUT2D eigenvalue weighted by molar-refractivity contribution is -0.132. The third-order valence-electron chi connectivity index (χ3n) is 5.32. The molecule has 9 nitrogen and oxygen atoms in total. The van der Waals surface area contributed by atoms with Crippen LogP contribution < -0.4 is 5.32 Å². The number of rotatable bonds is 6. The van der Waals surface area contributed by atoms with Crippen LogP contribution in [-0.4, -0.2) is 53.7 Å². The summed E-state index contributed by atoms with van der Waals surface area (Å²) in [6.45, 7) is 3.18. The van der Waals surface area contributed by atoms with Crippen molar-refractivity contribution in [3.8, 4) is 0 Å². The van der Waals surface area contributed by atoms with Crippen molar-refractivity contribution in [3.63, 3.8) is 0 Å². The zero-order valence-electron chi connectivity index (χ0n) is 17.2. The van der Waals surface area contributed by atoms with E-state index in [9.17, 15) is 18.0 Å². The summed E-state index contributed by atoms with van der Waals surface area (Å²) < 4.78 is 32.6. The lowest BCUT2D eigenvalue weighted by Crippen LogP contribution is -2.37. The molecule has 3 aromatic rings. The first kappa shape index (κ1) is 21.1. The van der Waals surface area contributed by atoms with Crippen molar-refractivity contribution in [2.75, 3.05) is 24.2 Å². The minimum absolute atomic E-state index is 0.0287. The van der Waals surface area contributed by atoms with Gasteiger partial charge in [-0.1, -0.05) is 23.4 Å². The summed E-state index contributed by atoms with van der Waals surface area (Å²) in [5, 5.41) is 6.55. The first-order valence-corrected chi connectivity index (χ1v) is 11.8. The minimum atomic E-state index is -3.96. The molecule has 2 amide bonds.